The third kappa shape index (κ3) is 3.39. The Labute approximate surface area is 152 Å². The Morgan fingerprint density at radius 3 is 2.60 bits per heavy atom. The molecular weight excluding hydrogens is 328 g/mol. The standard InChI is InChI=1S/C20H24N4S/c1-13-22-19(18-16-5-4-6-17(16)25-20(18)23-13)21-11-14-7-9-15(10-8-14)12-24(2)3/h7-10H,4-6,11-12H2,1-3H3,(H,21,22,23). The number of aromatic nitrogens is 2. The molecule has 0 radical (unpaired) electrons. The van der Waals surface area contributed by atoms with Gasteiger partial charge in [0, 0.05) is 18.0 Å². The van der Waals surface area contributed by atoms with Crippen LogP contribution >= 0.6 is 11.3 Å². The van der Waals surface area contributed by atoms with Crippen LogP contribution in [0.1, 0.15) is 33.8 Å². The summed E-state index contributed by atoms with van der Waals surface area (Å²) in [5, 5.41) is 4.82. The van der Waals surface area contributed by atoms with Gasteiger partial charge in [-0.2, -0.15) is 0 Å². The zero-order valence-corrected chi connectivity index (χ0v) is 15.9. The highest BCUT2D eigenvalue weighted by atomic mass is 32.1. The molecule has 0 atom stereocenters. The predicted octanol–water partition coefficient (Wildman–Crippen LogP) is 4.16. The third-order valence-corrected chi connectivity index (χ3v) is 5.84. The van der Waals surface area contributed by atoms with Crippen LogP contribution in [-0.2, 0) is 25.9 Å². The molecule has 25 heavy (non-hydrogen) atoms. The van der Waals surface area contributed by atoms with Crippen molar-refractivity contribution in [1.29, 1.82) is 0 Å². The summed E-state index contributed by atoms with van der Waals surface area (Å²) in [6.45, 7) is 3.74. The molecule has 4 nitrogen and oxygen atoms in total. The van der Waals surface area contributed by atoms with Crippen molar-refractivity contribution in [2.75, 3.05) is 19.4 Å². The highest BCUT2D eigenvalue weighted by Gasteiger charge is 2.21. The summed E-state index contributed by atoms with van der Waals surface area (Å²) in [6, 6.07) is 8.82. The van der Waals surface area contributed by atoms with Gasteiger partial charge in [0.2, 0.25) is 0 Å². The summed E-state index contributed by atoms with van der Waals surface area (Å²) in [5.74, 6) is 1.84. The second-order valence-corrected chi connectivity index (χ2v) is 8.15. The van der Waals surface area contributed by atoms with Gasteiger partial charge in [0.1, 0.15) is 16.5 Å². The Morgan fingerprint density at radius 2 is 1.84 bits per heavy atom. The Hall–Kier alpha value is -1.98. The molecule has 130 valence electrons. The van der Waals surface area contributed by atoms with Crippen molar-refractivity contribution in [1.82, 2.24) is 14.9 Å². The van der Waals surface area contributed by atoms with E-state index in [1.807, 2.05) is 18.3 Å². The van der Waals surface area contributed by atoms with Crippen LogP contribution in [0.25, 0.3) is 10.2 Å². The molecule has 1 N–H and O–H groups in total. The van der Waals surface area contributed by atoms with Crippen molar-refractivity contribution in [2.45, 2.75) is 39.3 Å². The zero-order chi connectivity index (χ0) is 17.4. The molecule has 0 aliphatic heterocycles. The first kappa shape index (κ1) is 16.5. The Bertz CT molecular complexity index is 896. The Kier molecular flexibility index (Phi) is 4.44. The summed E-state index contributed by atoms with van der Waals surface area (Å²) in [7, 11) is 4.19. The van der Waals surface area contributed by atoms with Crippen molar-refractivity contribution in [3.05, 3.63) is 51.7 Å². The van der Waals surface area contributed by atoms with Crippen LogP contribution in [-0.4, -0.2) is 29.0 Å². The minimum Gasteiger partial charge on any atom is -0.365 e. The third-order valence-electron chi connectivity index (χ3n) is 4.66. The second-order valence-electron chi connectivity index (χ2n) is 7.06. The molecule has 5 heteroatoms. The van der Waals surface area contributed by atoms with Crippen LogP contribution in [0.15, 0.2) is 24.3 Å². The number of benzene rings is 1. The van der Waals surface area contributed by atoms with E-state index in [9.17, 15) is 0 Å². The van der Waals surface area contributed by atoms with E-state index in [1.165, 1.54) is 39.8 Å². The Balaban J connectivity index is 1.56. The van der Waals surface area contributed by atoms with Gasteiger partial charge in [0.15, 0.2) is 0 Å². The van der Waals surface area contributed by atoms with Gasteiger partial charge < -0.3 is 10.2 Å². The second kappa shape index (κ2) is 6.73. The molecule has 0 unspecified atom stereocenters. The van der Waals surface area contributed by atoms with Gasteiger partial charge in [-0.15, -0.1) is 11.3 Å². The molecule has 0 bridgehead atoms. The molecule has 1 aromatic carbocycles. The van der Waals surface area contributed by atoms with Crippen LogP contribution in [0.3, 0.4) is 0 Å². The van der Waals surface area contributed by atoms with E-state index in [0.717, 1.165) is 36.0 Å². The lowest BCUT2D eigenvalue weighted by Gasteiger charge is -2.11. The summed E-state index contributed by atoms with van der Waals surface area (Å²) >= 11 is 1.85. The number of nitrogens with zero attached hydrogens (tertiary/aromatic N) is 3. The molecule has 2 aromatic heterocycles. The summed E-state index contributed by atoms with van der Waals surface area (Å²) < 4.78 is 0. The van der Waals surface area contributed by atoms with E-state index in [-0.39, 0.29) is 0 Å². The largest absolute Gasteiger partial charge is 0.365 e. The highest BCUT2D eigenvalue weighted by molar-refractivity contribution is 7.19. The van der Waals surface area contributed by atoms with Gasteiger partial charge >= 0.3 is 0 Å². The molecule has 1 aliphatic rings. The van der Waals surface area contributed by atoms with Crippen LogP contribution in [0, 0.1) is 6.92 Å². The van der Waals surface area contributed by atoms with E-state index in [0.29, 0.717) is 0 Å². The van der Waals surface area contributed by atoms with Crippen LogP contribution in [0.5, 0.6) is 0 Å². The number of hydrogen-bond acceptors (Lipinski definition) is 5. The number of hydrogen-bond donors (Lipinski definition) is 1. The van der Waals surface area contributed by atoms with Crippen molar-refractivity contribution in [3.63, 3.8) is 0 Å². The number of thiophene rings is 1. The number of aryl methyl sites for hydroxylation is 3. The minimum atomic E-state index is 0.790. The molecule has 0 saturated heterocycles. The van der Waals surface area contributed by atoms with Gasteiger partial charge in [-0.25, -0.2) is 9.97 Å². The number of nitrogens with one attached hydrogen (secondary N) is 1. The Morgan fingerprint density at radius 1 is 1.08 bits per heavy atom. The fourth-order valence-electron chi connectivity index (χ4n) is 3.54. The first-order valence-corrected chi connectivity index (χ1v) is 9.67. The maximum Gasteiger partial charge on any atom is 0.139 e. The average Bonchev–Trinajstić information content (AvgIpc) is 3.13. The summed E-state index contributed by atoms with van der Waals surface area (Å²) in [4.78, 5) is 14.2. The van der Waals surface area contributed by atoms with E-state index >= 15 is 0 Å². The lowest BCUT2D eigenvalue weighted by molar-refractivity contribution is 0.402. The lowest BCUT2D eigenvalue weighted by atomic mass is 10.1. The lowest BCUT2D eigenvalue weighted by Crippen LogP contribution is -2.10. The molecule has 2 heterocycles. The molecule has 0 amide bonds. The molecular formula is C20H24N4S. The van der Waals surface area contributed by atoms with Gasteiger partial charge in [-0.1, -0.05) is 24.3 Å². The molecule has 1 aliphatic carbocycles. The molecule has 0 spiro atoms. The highest BCUT2D eigenvalue weighted by Crippen LogP contribution is 2.39. The van der Waals surface area contributed by atoms with E-state index in [1.54, 1.807) is 0 Å². The van der Waals surface area contributed by atoms with Crippen LogP contribution in [0.2, 0.25) is 0 Å². The molecule has 0 saturated carbocycles. The SMILES string of the molecule is Cc1nc(NCc2ccc(CN(C)C)cc2)c2c3c(sc2n1)CCC3. The van der Waals surface area contributed by atoms with Gasteiger partial charge in [-0.3, -0.25) is 0 Å². The quantitative estimate of drug-likeness (QED) is 0.748. The number of rotatable bonds is 5. The number of fused-ring (bicyclic) bond motifs is 3. The summed E-state index contributed by atoms with van der Waals surface area (Å²) in [5.41, 5.74) is 4.09. The zero-order valence-electron chi connectivity index (χ0n) is 15.1. The molecule has 0 fully saturated rings. The fourth-order valence-corrected chi connectivity index (χ4v) is 4.85. The van der Waals surface area contributed by atoms with Crippen molar-refractivity contribution < 1.29 is 0 Å². The first-order chi connectivity index (χ1) is 12.1. The fraction of sp³-hybridized carbons (Fsp3) is 0.400. The van der Waals surface area contributed by atoms with Crippen molar-refractivity contribution in [2.24, 2.45) is 0 Å². The first-order valence-electron chi connectivity index (χ1n) is 8.85. The van der Waals surface area contributed by atoms with Gasteiger partial charge in [-0.05, 0) is 57.0 Å². The topological polar surface area (TPSA) is 41.1 Å². The average molecular weight is 353 g/mol. The predicted molar refractivity (Wildman–Crippen MR) is 105 cm³/mol. The minimum absolute atomic E-state index is 0.790. The van der Waals surface area contributed by atoms with Crippen LogP contribution in [0.4, 0.5) is 5.82 Å². The smallest absolute Gasteiger partial charge is 0.139 e. The van der Waals surface area contributed by atoms with Crippen molar-refractivity contribution in [3.8, 4) is 0 Å². The normalized spacial score (nSPS) is 13.6. The monoisotopic (exact) mass is 352 g/mol. The van der Waals surface area contributed by atoms with E-state index in [2.05, 4.69) is 53.6 Å². The van der Waals surface area contributed by atoms with Crippen LogP contribution < -0.4 is 5.32 Å². The van der Waals surface area contributed by atoms with Gasteiger partial charge in [0.05, 0.1) is 5.39 Å². The van der Waals surface area contributed by atoms with E-state index in [4.69, 9.17) is 4.98 Å². The molecule has 3 aromatic rings. The number of anilines is 1. The summed E-state index contributed by atoms with van der Waals surface area (Å²) in [6.07, 6.45) is 3.62. The molecule has 4 rings (SSSR count). The van der Waals surface area contributed by atoms with Gasteiger partial charge in [0.25, 0.3) is 0 Å². The van der Waals surface area contributed by atoms with E-state index < -0.39 is 0 Å². The maximum atomic E-state index is 4.70. The maximum absolute atomic E-state index is 4.70. The van der Waals surface area contributed by atoms with Crippen molar-refractivity contribution >= 4 is 27.4 Å².